The summed E-state index contributed by atoms with van der Waals surface area (Å²) >= 11 is 0. The average Bonchev–Trinajstić information content (AvgIpc) is 2.58. The third-order valence-corrected chi connectivity index (χ3v) is 7.00. The first-order chi connectivity index (χ1) is 13.0. The van der Waals surface area contributed by atoms with Crippen LogP contribution in [0.3, 0.4) is 0 Å². The molecule has 2 amide bonds. The van der Waals surface area contributed by atoms with Crippen LogP contribution in [-0.4, -0.2) is 43.3 Å². The number of carbonyl (C=O) groups is 1. The fourth-order valence-electron chi connectivity index (χ4n) is 2.45. The van der Waals surface area contributed by atoms with Gasteiger partial charge in [-0.15, -0.1) is 5.10 Å². The lowest BCUT2D eigenvalue weighted by molar-refractivity contribution is 0.256. The zero-order valence-electron chi connectivity index (χ0n) is 15.1. The monoisotopic (exact) mass is 427 g/mol. The summed E-state index contributed by atoms with van der Waals surface area (Å²) in [5.74, 6) is -0.497. The van der Waals surface area contributed by atoms with Gasteiger partial charge in [-0.05, 0) is 38.8 Å². The van der Waals surface area contributed by atoms with Crippen molar-refractivity contribution in [3.63, 3.8) is 0 Å². The number of nitrogens with zero attached hydrogens (tertiary/aromatic N) is 3. The molecule has 1 atom stereocenters. The van der Waals surface area contributed by atoms with Gasteiger partial charge >= 0.3 is 16.1 Å². The maximum absolute atomic E-state index is 12.6. The van der Waals surface area contributed by atoms with E-state index >= 15 is 0 Å². The van der Waals surface area contributed by atoms with E-state index in [9.17, 15) is 21.6 Å². The van der Waals surface area contributed by atoms with E-state index in [-0.39, 0.29) is 18.1 Å². The smallest absolute Gasteiger partial charge is 0.335 e. The number of rotatable bonds is 3. The quantitative estimate of drug-likeness (QED) is 0.671. The highest BCUT2D eigenvalue weighted by Gasteiger charge is 2.35. The van der Waals surface area contributed by atoms with E-state index in [4.69, 9.17) is 4.18 Å². The van der Waals surface area contributed by atoms with E-state index < -0.39 is 36.3 Å². The van der Waals surface area contributed by atoms with Crippen molar-refractivity contribution < 1.29 is 25.8 Å². The number of fused-ring (bicyclic) bond motifs is 1. The third-order valence-electron chi connectivity index (χ3n) is 4.09. The van der Waals surface area contributed by atoms with Crippen molar-refractivity contribution in [1.29, 1.82) is 0 Å². The van der Waals surface area contributed by atoms with E-state index in [1.165, 1.54) is 13.0 Å². The van der Waals surface area contributed by atoms with Gasteiger partial charge in [0.2, 0.25) is 0 Å². The topological polar surface area (TPSA) is 157 Å². The number of aryl methyl sites for hydroxylation is 2. The molecule has 1 aliphatic rings. The number of sulfonamides is 1. The third kappa shape index (κ3) is 3.89. The number of hydrogen-bond acceptors (Lipinski definition) is 9. The van der Waals surface area contributed by atoms with Gasteiger partial charge in [-0.1, -0.05) is 12.1 Å². The average molecular weight is 427 g/mol. The highest BCUT2D eigenvalue weighted by molar-refractivity contribution is 7.90. The van der Waals surface area contributed by atoms with Crippen LogP contribution in [0, 0.1) is 13.8 Å². The maximum Gasteiger partial charge on any atom is 0.335 e. The zero-order valence-corrected chi connectivity index (χ0v) is 16.8. The summed E-state index contributed by atoms with van der Waals surface area (Å²) in [5.41, 5.74) is 1.48. The summed E-state index contributed by atoms with van der Waals surface area (Å²) in [6.07, 6.45) is 0.0926. The number of hydrogen-bond donors (Lipinski definition) is 2. The second-order valence-corrected chi connectivity index (χ2v) is 9.81. The molecule has 3 rings (SSSR count). The maximum atomic E-state index is 12.6. The molecule has 0 fully saturated rings. The van der Waals surface area contributed by atoms with E-state index in [2.05, 4.69) is 20.5 Å². The number of carbonyl (C=O) groups excluding carboxylic acids is 1. The first-order valence-electron chi connectivity index (χ1n) is 8.06. The van der Waals surface area contributed by atoms with Crippen LogP contribution in [-0.2, 0) is 26.6 Å². The standard InChI is InChI=1S/C15H17N5O6S2/c1-8-7-11-5-4-6-12(13(11)26-28(8,24)25)27(22,23)20-15(21)17-14-16-9(2)10(3)18-19-14/h4-6,8H,7H2,1-3H3,(H2,16,17,19,20,21). The second-order valence-electron chi connectivity index (χ2n) is 6.20. The number of para-hydroxylation sites is 1. The minimum Gasteiger partial charge on any atom is -0.380 e. The van der Waals surface area contributed by atoms with Gasteiger partial charge in [-0.2, -0.15) is 13.5 Å². The normalized spacial score (nSPS) is 17.9. The lowest BCUT2D eigenvalue weighted by atomic mass is 10.1. The van der Waals surface area contributed by atoms with Crippen molar-refractivity contribution >= 4 is 32.1 Å². The molecule has 0 aliphatic carbocycles. The molecule has 1 unspecified atom stereocenters. The summed E-state index contributed by atoms with van der Waals surface area (Å²) in [6.45, 7) is 4.79. The molecule has 2 N–H and O–H groups in total. The Bertz CT molecular complexity index is 1160. The zero-order chi connectivity index (χ0) is 20.7. The fraction of sp³-hybridized carbons (Fsp3) is 0.333. The van der Waals surface area contributed by atoms with Crippen molar-refractivity contribution in [3.05, 3.63) is 35.2 Å². The molecule has 13 heteroatoms. The van der Waals surface area contributed by atoms with Gasteiger partial charge in [0.05, 0.1) is 16.6 Å². The Morgan fingerprint density at radius 1 is 1.21 bits per heavy atom. The fourth-order valence-corrected chi connectivity index (χ4v) is 4.56. The molecule has 28 heavy (non-hydrogen) atoms. The van der Waals surface area contributed by atoms with E-state index in [0.717, 1.165) is 6.07 Å². The lowest BCUT2D eigenvalue weighted by Crippen LogP contribution is -2.36. The molecule has 0 spiro atoms. The highest BCUT2D eigenvalue weighted by atomic mass is 32.2. The molecule has 1 aromatic carbocycles. The molecular formula is C15H17N5O6S2. The van der Waals surface area contributed by atoms with E-state index in [0.29, 0.717) is 17.0 Å². The molecule has 0 radical (unpaired) electrons. The Morgan fingerprint density at radius 3 is 2.61 bits per heavy atom. The second kappa shape index (κ2) is 6.98. The van der Waals surface area contributed by atoms with Gasteiger partial charge < -0.3 is 4.18 Å². The number of benzene rings is 1. The number of amides is 2. The predicted octanol–water partition coefficient (Wildman–Crippen LogP) is 0.652. The molecular weight excluding hydrogens is 410 g/mol. The summed E-state index contributed by atoms with van der Waals surface area (Å²) in [6, 6.07) is 3.02. The number of urea groups is 1. The Kier molecular flexibility index (Phi) is 4.97. The van der Waals surface area contributed by atoms with Crippen LogP contribution in [0.15, 0.2) is 23.1 Å². The highest BCUT2D eigenvalue weighted by Crippen LogP contribution is 2.35. The molecule has 0 saturated heterocycles. The molecule has 0 bridgehead atoms. The van der Waals surface area contributed by atoms with Gasteiger partial charge in [0.1, 0.15) is 4.90 Å². The van der Waals surface area contributed by atoms with Crippen LogP contribution < -0.4 is 14.2 Å². The van der Waals surface area contributed by atoms with Crippen LogP contribution in [0.25, 0.3) is 0 Å². The number of nitrogens with one attached hydrogen (secondary N) is 2. The van der Waals surface area contributed by atoms with Gasteiger partial charge in [0.25, 0.3) is 16.0 Å². The summed E-state index contributed by atoms with van der Waals surface area (Å²) in [4.78, 5) is 15.6. The van der Waals surface area contributed by atoms with Gasteiger partial charge in [0.15, 0.2) is 5.75 Å². The Morgan fingerprint density at radius 2 is 1.93 bits per heavy atom. The predicted molar refractivity (Wildman–Crippen MR) is 97.8 cm³/mol. The molecule has 11 nitrogen and oxygen atoms in total. The van der Waals surface area contributed by atoms with Gasteiger partial charge in [0, 0.05) is 0 Å². The van der Waals surface area contributed by atoms with Crippen molar-refractivity contribution in [2.45, 2.75) is 37.3 Å². The van der Waals surface area contributed by atoms with Gasteiger partial charge in [-0.3, -0.25) is 5.32 Å². The van der Waals surface area contributed by atoms with Crippen LogP contribution in [0.5, 0.6) is 5.75 Å². The molecule has 2 heterocycles. The Balaban J connectivity index is 1.87. The van der Waals surface area contributed by atoms with Crippen molar-refractivity contribution in [3.8, 4) is 5.75 Å². The van der Waals surface area contributed by atoms with Gasteiger partial charge in [-0.25, -0.2) is 22.9 Å². The number of aromatic nitrogens is 3. The van der Waals surface area contributed by atoms with Crippen molar-refractivity contribution in [2.24, 2.45) is 0 Å². The summed E-state index contributed by atoms with van der Waals surface area (Å²) < 4.78 is 56.0. The molecule has 0 saturated carbocycles. The molecule has 2 aromatic rings. The number of anilines is 1. The Labute approximate surface area is 161 Å². The Hall–Kier alpha value is -2.80. The lowest BCUT2D eigenvalue weighted by Gasteiger charge is -2.24. The van der Waals surface area contributed by atoms with Crippen LogP contribution >= 0.6 is 0 Å². The molecule has 1 aliphatic heterocycles. The molecule has 1 aromatic heterocycles. The SMILES string of the molecule is Cc1nnc(NC(=O)NS(=O)(=O)c2cccc3c2OS(=O)(=O)C(C)C3)nc1C. The van der Waals surface area contributed by atoms with Crippen LogP contribution in [0.4, 0.5) is 10.7 Å². The minimum atomic E-state index is -4.43. The molecule has 150 valence electrons. The minimum absolute atomic E-state index is 0.0926. The first kappa shape index (κ1) is 19.9. The summed E-state index contributed by atoms with van der Waals surface area (Å²) in [7, 11) is -8.40. The van der Waals surface area contributed by atoms with Crippen LogP contribution in [0.1, 0.15) is 23.9 Å². The summed E-state index contributed by atoms with van der Waals surface area (Å²) in [5, 5.41) is 8.77. The van der Waals surface area contributed by atoms with E-state index in [1.807, 2.05) is 0 Å². The largest absolute Gasteiger partial charge is 0.380 e. The van der Waals surface area contributed by atoms with Crippen molar-refractivity contribution in [2.75, 3.05) is 5.32 Å². The van der Waals surface area contributed by atoms with Crippen molar-refractivity contribution in [1.82, 2.24) is 19.9 Å². The first-order valence-corrected chi connectivity index (χ1v) is 11.0. The van der Waals surface area contributed by atoms with Crippen LogP contribution in [0.2, 0.25) is 0 Å². The van der Waals surface area contributed by atoms with E-state index in [1.54, 1.807) is 24.6 Å².